The van der Waals surface area contributed by atoms with Gasteiger partial charge in [-0.1, -0.05) is 12.1 Å². The van der Waals surface area contributed by atoms with Gasteiger partial charge in [0.1, 0.15) is 5.75 Å². The number of ether oxygens (including phenoxy) is 3. The number of nitrogens with one attached hydrogen (secondary N) is 1. The molecule has 0 saturated heterocycles. The predicted molar refractivity (Wildman–Crippen MR) is 72.4 cm³/mol. The fourth-order valence-corrected chi connectivity index (χ4v) is 1.63. The first-order valence-electron chi connectivity index (χ1n) is 6.24. The van der Waals surface area contributed by atoms with Gasteiger partial charge in [-0.05, 0) is 24.6 Å². The highest BCUT2D eigenvalue weighted by Gasteiger charge is 2.18. The zero-order chi connectivity index (χ0) is 15.0. The van der Waals surface area contributed by atoms with E-state index in [2.05, 4.69) is 10.1 Å². The van der Waals surface area contributed by atoms with Gasteiger partial charge in [-0.15, -0.1) is 0 Å². The molecule has 0 spiro atoms. The Labute approximate surface area is 118 Å². The Kier molecular flexibility index (Phi) is 6.52. The van der Waals surface area contributed by atoms with Crippen molar-refractivity contribution in [3.05, 3.63) is 29.8 Å². The van der Waals surface area contributed by atoms with E-state index in [0.29, 0.717) is 5.75 Å². The molecule has 1 rings (SSSR count). The molecule has 1 atom stereocenters. The lowest BCUT2D eigenvalue weighted by atomic mass is 10.1. The van der Waals surface area contributed by atoms with Crippen LogP contribution in [0.4, 0.5) is 0 Å². The maximum Gasteiger partial charge on any atom is 0.396 e. The Morgan fingerprint density at radius 3 is 2.65 bits per heavy atom. The molecule has 0 bridgehead atoms. The van der Waals surface area contributed by atoms with Crippen LogP contribution in [0.1, 0.15) is 18.6 Å². The molecule has 6 nitrogen and oxygen atoms in total. The first kappa shape index (κ1) is 16.0. The number of carbonyl (C=O) groups excluding carboxylic acids is 2. The van der Waals surface area contributed by atoms with Crippen molar-refractivity contribution < 1.29 is 23.8 Å². The molecular weight excluding hydrogens is 262 g/mol. The first-order chi connectivity index (χ1) is 9.62. The summed E-state index contributed by atoms with van der Waals surface area (Å²) in [5, 5.41) is 2.47. The number of esters is 1. The van der Waals surface area contributed by atoms with Gasteiger partial charge in [0.25, 0.3) is 0 Å². The van der Waals surface area contributed by atoms with E-state index in [-0.39, 0.29) is 19.3 Å². The van der Waals surface area contributed by atoms with Gasteiger partial charge in [-0.2, -0.15) is 0 Å². The third-order valence-electron chi connectivity index (χ3n) is 2.66. The van der Waals surface area contributed by atoms with Crippen LogP contribution in [-0.4, -0.2) is 39.2 Å². The first-order valence-corrected chi connectivity index (χ1v) is 6.24. The molecule has 0 heterocycles. The maximum atomic E-state index is 11.4. The molecule has 110 valence electrons. The highest BCUT2D eigenvalue weighted by molar-refractivity contribution is 6.32. The molecule has 0 radical (unpaired) electrons. The molecule has 0 aliphatic carbocycles. The van der Waals surface area contributed by atoms with E-state index >= 15 is 0 Å². The summed E-state index contributed by atoms with van der Waals surface area (Å²) in [4.78, 5) is 22.6. The molecule has 1 amide bonds. The third kappa shape index (κ3) is 4.55. The molecule has 1 N–H and O–H groups in total. The van der Waals surface area contributed by atoms with Crippen LogP contribution in [0.2, 0.25) is 0 Å². The van der Waals surface area contributed by atoms with Crippen molar-refractivity contribution in [2.45, 2.75) is 13.0 Å². The fraction of sp³-hybridized carbons (Fsp3) is 0.429. The lowest BCUT2D eigenvalue weighted by molar-refractivity contribution is -0.154. The van der Waals surface area contributed by atoms with Crippen molar-refractivity contribution in [2.75, 3.05) is 27.4 Å². The number of benzene rings is 1. The van der Waals surface area contributed by atoms with Gasteiger partial charge in [0.2, 0.25) is 0 Å². The number of methoxy groups -OCH3 is 2. The maximum absolute atomic E-state index is 11.4. The van der Waals surface area contributed by atoms with Crippen LogP contribution < -0.4 is 10.1 Å². The lowest BCUT2D eigenvalue weighted by Crippen LogP contribution is -2.35. The lowest BCUT2D eigenvalue weighted by Gasteiger charge is -2.16. The van der Waals surface area contributed by atoms with E-state index in [9.17, 15) is 9.59 Å². The van der Waals surface area contributed by atoms with Crippen molar-refractivity contribution >= 4 is 11.9 Å². The summed E-state index contributed by atoms with van der Waals surface area (Å²) in [5.41, 5.74) is 0.844. The quantitative estimate of drug-likeness (QED) is 0.623. The number of hydrogen-bond donors (Lipinski definition) is 1. The summed E-state index contributed by atoms with van der Waals surface area (Å²) < 4.78 is 15.0. The predicted octanol–water partition coefficient (Wildman–Crippen LogP) is 1.06. The van der Waals surface area contributed by atoms with Gasteiger partial charge >= 0.3 is 11.9 Å². The molecule has 0 aromatic heterocycles. The fourth-order valence-electron chi connectivity index (χ4n) is 1.63. The second kappa shape index (κ2) is 8.16. The van der Waals surface area contributed by atoms with Gasteiger partial charge < -0.3 is 19.5 Å². The van der Waals surface area contributed by atoms with Gasteiger partial charge in [0.15, 0.2) is 0 Å². The van der Waals surface area contributed by atoms with Crippen LogP contribution in [0.25, 0.3) is 0 Å². The normalized spacial score (nSPS) is 11.6. The minimum Gasteiger partial charge on any atom is -0.497 e. The number of carbonyl (C=O) groups is 2. The molecule has 1 aromatic rings. The smallest absolute Gasteiger partial charge is 0.396 e. The summed E-state index contributed by atoms with van der Waals surface area (Å²) in [5.74, 6) is -0.980. The van der Waals surface area contributed by atoms with E-state index in [4.69, 9.17) is 9.47 Å². The van der Waals surface area contributed by atoms with Crippen molar-refractivity contribution in [1.29, 1.82) is 0 Å². The van der Waals surface area contributed by atoms with Crippen LogP contribution in [0.3, 0.4) is 0 Å². The van der Waals surface area contributed by atoms with Crippen LogP contribution in [0.15, 0.2) is 24.3 Å². The van der Waals surface area contributed by atoms with Crippen molar-refractivity contribution in [3.63, 3.8) is 0 Å². The van der Waals surface area contributed by atoms with Crippen LogP contribution in [0.5, 0.6) is 5.75 Å². The second-order valence-corrected chi connectivity index (χ2v) is 3.93. The zero-order valence-corrected chi connectivity index (χ0v) is 11.8. The van der Waals surface area contributed by atoms with E-state index < -0.39 is 11.9 Å². The minimum absolute atomic E-state index is 0.163. The monoisotopic (exact) mass is 281 g/mol. The van der Waals surface area contributed by atoms with Crippen molar-refractivity contribution in [2.24, 2.45) is 0 Å². The summed E-state index contributed by atoms with van der Waals surface area (Å²) in [6.45, 7) is 1.97. The molecule has 20 heavy (non-hydrogen) atoms. The zero-order valence-electron chi connectivity index (χ0n) is 11.8. The average molecular weight is 281 g/mol. The van der Waals surface area contributed by atoms with E-state index in [0.717, 1.165) is 5.56 Å². The number of hydrogen-bond acceptors (Lipinski definition) is 5. The molecule has 1 aromatic carbocycles. The molecule has 0 saturated carbocycles. The van der Waals surface area contributed by atoms with Crippen molar-refractivity contribution in [1.82, 2.24) is 5.32 Å². The molecule has 0 aliphatic heterocycles. The standard InChI is InChI=1S/C14H19NO5/c1-4-20-14(17)13(16)15-9-12(19-3)10-6-5-7-11(8-10)18-2/h5-8,12H,4,9H2,1-3H3,(H,15,16). The van der Waals surface area contributed by atoms with Gasteiger partial charge in [0.05, 0.1) is 19.8 Å². The third-order valence-corrected chi connectivity index (χ3v) is 2.66. The average Bonchev–Trinajstić information content (AvgIpc) is 2.48. The summed E-state index contributed by atoms with van der Waals surface area (Å²) in [6, 6.07) is 7.30. The van der Waals surface area contributed by atoms with Crippen LogP contribution in [-0.2, 0) is 19.1 Å². The summed E-state index contributed by atoms with van der Waals surface area (Å²) in [7, 11) is 3.10. The Morgan fingerprint density at radius 1 is 1.30 bits per heavy atom. The molecule has 6 heteroatoms. The Hall–Kier alpha value is -2.08. The Morgan fingerprint density at radius 2 is 2.05 bits per heavy atom. The van der Waals surface area contributed by atoms with E-state index in [1.807, 2.05) is 24.3 Å². The molecule has 0 fully saturated rings. The Bertz CT molecular complexity index is 461. The van der Waals surface area contributed by atoms with Crippen LogP contribution >= 0.6 is 0 Å². The van der Waals surface area contributed by atoms with Crippen molar-refractivity contribution in [3.8, 4) is 5.75 Å². The highest BCUT2D eigenvalue weighted by atomic mass is 16.5. The molecule has 1 unspecified atom stereocenters. The highest BCUT2D eigenvalue weighted by Crippen LogP contribution is 2.20. The minimum atomic E-state index is -0.895. The van der Waals surface area contributed by atoms with E-state index in [1.54, 1.807) is 14.0 Å². The second-order valence-electron chi connectivity index (χ2n) is 3.93. The SMILES string of the molecule is CCOC(=O)C(=O)NCC(OC)c1cccc(OC)c1. The number of amides is 1. The topological polar surface area (TPSA) is 73.9 Å². The van der Waals surface area contributed by atoms with Gasteiger partial charge in [-0.25, -0.2) is 4.79 Å². The summed E-state index contributed by atoms with van der Waals surface area (Å²) in [6.07, 6.45) is -0.372. The van der Waals surface area contributed by atoms with Gasteiger partial charge in [0, 0.05) is 13.7 Å². The van der Waals surface area contributed by atoms with Crippen LogP contribution in [0, 0.1) is 0 Å². The van der Waals surface area contributed by atoms with E-state index in [1.165, 1.54) is 7.11 Å². The molecular formula is C14H19NO5. The molecule has 0 aliphatic rings. The number of rotatable bonds is 6. The largest absolute Gasteiger partial charge is 0.497 e. The summed E-state index contributed by atoms with van der Waals surface area (Å²) >= 11 is 0. The van der Waals surface area contributed by atoms with Gasteiger partial charge in [-0.3, -0.25) is 4.79 Å². The Balaban J connectivity index is 2.63.